The van der Waals surface area contributed by atoms with Gasteiger partial charge < -0.3 is 15.7 Å². The number of hydrogen-bond acceptors (Lipinski definition) is 4. The number of thiophene rings is 1. The number of carboxylic acids is 1. The minimum absolute atomic E-state index is 0.105. The number of amides is 2. The SMILES string of the molecule is O=C(O)/C=C/c1ccsc1CNC(=O)C1CCC(=O)N1. The number of carbonyl (C=O) groups is 3. The zero-order valence-electron chi connectivity index (χ0n) is 10.6. The van der Waals surface area contributed by atoms with Gasteiger partial charge in [0.1, 0.15) is 6.04 Å². The van der Waals surface area contributed by atoms with Gasteiger partial charge in [-0.3, -0.25) is 9.59 Å². The monoisotopic (exact) mass is 294 g/mol. The first-order chi connectivity index (χ1) is 9.56. The molecule has 1 aromatic heterocycles. The molecule has 1 aromatic rings. The van der Waals surface area contributed by atoms with E-state index < -0.39 is 12.0 Å². The maximum Gasteiger partial charge on any atom is 0.328 e. The Hall–Kier alpha value is -2.15. The fraction of sp³-hybridized carbons (Fsp3) is 0.308. The Morgan fingerprint density at radius 1 is 1.55 bits per heavy atom. The third-order valence-electron chi connectivity index (χ3n) is 2.92. The summed E-state index contributed by atoms with van der Waals surface area (Å²) in [6, 6.07) is 1.34. The second-order valence-electron chi connectivity index (χ2n) is 4.35. The van der Waals surface area contributed by atoms with E-state index >= 15 is 0 Å². The van der Waals surface area contributed by atoms with E-state index in [4.69, 9.17) is 5.11 Å². The van der Waals surface area contributed by atoms with E-state index in [-0.39, 0.29) is 11.8 Å². The fourth-order valence-electron chi connectivity index (χ4n) is 1.91. The van der Waals surface area contributed by atoms with Gasteiger partial charge in [0.05, 0.1) is 6.54 Å². The van der Waals surface area contributed by atoms with Crippen molar-refractivity contribution in [1.82, 2.24) is 10.6 Å². The van der Waals surface area contributed by atoms with Crippen molar-refractivity contribution in [3.05, 3.63) is 28.0 Å². The van der Waals surface area contributed by atoms with Crippen molar-refractivity contribution in [3.8, 4) is 0 Å². The maximum atomic E-state index is 11.8. The largest absolute Gasteiger partial charge is 0.478 e. The van der Waals surface area contributed by atoms with Crippen LogP contribution in [-0.4, -0.2) is 28.9 Å². The van der Waals surface area contributed by atoms with Gasteiger partial charge in [-0.2, -0.15) is 0 Å². The molecule has 20 heavy (non-hydrogen) atoms. The number of carboxylic acid groups (broad SMARTS) is 1. The van der Waals surface area contributed by atoms with Crippen LogP contribution in [0.25, 0.3) is 6.08 Å². The van der Waals surface area contributed by atoms with Crippen LogP contribution in [0.1, 0.15) is 23.3 Å². The summed E-state index contributed by atoms with van der Waals surface area (Å²) in [6.45, 7) is 0.322. The summed E-state index contributed by atoms with van der Waals surface area (Å²) in [5, 5.41) is 15.8. The highest BCUT2D eigenvalue weighted by atomic mass is 32.1. The molecule has 1 atom stereocenters. The molecule has 1 fully saturated rings. The van der Waals surface area contributed by atoms with E-state index in [1.165, 1.54) is 17.4 Å². The standard InChI is InChI=1S/C13H14N2O4S/c16-11-3-2-9(15-11)13(19)14-7-10-8(5-6-20-10)1-4-12(17)18/h1,4-6,9H,2-3,7H2,(H,14,19)(H,15,16)(H,17,18)/b4-1+. The van der Waals surface area contributed by atoms with Crippen LogP contribution in [0.4, 0.5) is 0 Å². The maximum absolute atomic E-state index is 11.8. The number of hydrogen-bond donors (Lipinski definition) is 3. The fourth-order valence-corrected chi connectivity index (χ4v) is 2.71. The lowest BCUT2D eigenvalue weighted by molar-refractivity contribution is -0.131. The summed E-state index contributed by atoms with van der Waals surface area (Å²) in [4.78, 5) is 34.2. The topological polar surface area (TPSA) is 95.5 Å². The van der Waals surface area contributed by atoms with Crippen LogP contribution in [0.5, 0.6) is 0 Å². The average Bonchev–Trinajstić information content (AvgIpc) is 3.02. The van der Waals surface area contributed by atoms with E-state index in [1.54, 1.807) is 6.07 Å². The number of aliphatic carboxylic acids is 1. The van der Waals surface area contributed by atoms with Crippen LogP contribution in [0.2, 0.25) is 0 Å². The Balaban J connectivity index is 1.91. The highest BCUT2D eigenvalue weighted by Gasteiger charge is 2.26. The molecule has 0 aromatic carbocycles. The molecule has 106 valence electrons. The highest BCUT2D eigenvalue weighted by molar-refractivity contribution is 7.10. The molecule has 1 aliphatic rings. The summed E-state index contributed by atoms with van der Waals surface area (Å²) in [5.74, 6) is -1.33. The number of nitrogens with one attached hydrogen (secondary N) is 2. The van der Waals surface area contributed by atoms with Gasteiger partial charge >= 0.3 is 5.97 Å². The van der Waals surface area contributed by atoms with Gasteiger partial charge in [-0.1, -0.05) is 0 Å². The van der Waals surface area contributed by atoms with Crippen molar-refractivity contribution in [3.63, 3.8) is 0 Å². The minimum atomic E-state index is -1.01. The second kappa shape index (κ2) is 6.33. The average molecular weight is 294 g/mol. The lowest BCUT2D eigenvalue weighted by Crippen LogP contribution is -2.41. The summed E-state index contributed by atoms with van der Waals surface area (Å²) in [5.41, 5.74) is 0.771. The molecule has 1 aliphatic heterocycles. The van der Waals surface area contributed by atoms with Crippen LogP contribution in [0.15, 0.2) is 17.5 Å². The molecule has 7 heteroatoms. The van der Waals surface area contributed by atoms with Crippen LogP contribution >= 0.6 is 11.3 Å². The molecule has 1 saturated heterocycles. The lowest BCUT2D eigenvalue weighted by atomic mass is 10.2. The van der Waals surface area contributed by atoms with Crippen molar-refractivity contribution < 1.29 is 19.5 Å². The predicted molar refractivity (Wildman–Crippen MR) is 74.0 cm³/mol. The van der Waals surface area contributed by atoms with E-state index in [0.29, 0.717) is 19.4 Å². The summed E-state index contributed by atoms with van der Waals surface area (Å²) >= 11 is 1.44. The molecule has 6 nitrogen and oxygen atoms in total. The first kappa shape index (κ1) is 14.3. The molecule has 0 aliphatic carbocycles. The Kier molecular flexibility index (Phi) is 4.52. The molecule has 2 rings (SSSR count). The third-order valence-corrected chi connectivity index (χ3v) is 3.86. The summed E-state index contributed by atoms with van der Waals surface area (Å²) in [6.07, 6.45) is 3.45. The zero-order chi connectivity index (χ0) is 14.5. The highest BCUT2D eigenvalue weighted by Crippen LogP contribution is 2.18. The third kappa shape index (κ3) is 3.67. The molecular weight excluding hydrogens is 280 g/mol. The molecule has 0 saturated carbocycles. The molecule has 0 radical (unpaired) electrons. The molecule has 1 unspecified atom stereocenters. The van der Waals surface area contributed by atoms with Crippen LogP contribution < -0.4 is 10.6 Å². The quantitative estimate of drug-likeness (QED) is 0.698. The van der Waals surface area contributed by atoms with Crippen LogP contribution in [-0.2, 0) is 20.9 Å². The number of rotatable bonds is 5. The smallest absolute Gasteiger partial charge is 0.328 e. The number of carbonyl (C=O) groups excluding carboxylic acids is 2. The lowest BCUT2D eigenvalue weighted by Gasteiger charge is -2.10. The second-order valence-corrected chi connectivity index (χ2v) is 5.35. The molecule has 2 amide bonds. The van der Waals surface area contributed by atoms with Gasteiger partial charge in [0.25, 0.3) is 0 Å². The Labute approximate surface area is 119 Å². The Bertz CT molecular complexity index is 564. The first-order valence-corrected chi connectivity index (χ1v) is 6.98. The van der Waals surface area contributed by atoms with Crippen molar-refractivity contribution in [2.24, 2.45) is 0 Å². The van der Waals surface area contributed by atoms with E-state index in [0.717, 1.165) is 16.5 Å². The van der Waals surface area contributed by atoms with Crippen LogP contribution in [0.3, 0.4) is 0 Å². The van der Waals surface area contributed by atoms with Gasteiger partial charge in [-0.25, -0.2) is 4.79 Å². The van der Waals surface area contributed by atoms with Gasteiger partial charge in [0, 0.05) is 17.4 Å². The van der Waals surface area contributed by atoms with Crippen LogP contribution in [0, 0.1) is 0 Å². The van der Waals surface area contributed by atoms with Gasteiger partial charge in [-0.15, -0.1) is 11.3 Å². The molecule has 0 spiro atoms. The van der Waals surface area contributed by atoms with E-state index in [1.807, 2.05) is 5.38 Å². The Morgan fingerprint density at radius 3 is 3.00 bits per heavy atom. The normalized spacial score (nSPS) is 18.2. The minimum Gasteiger partial charge on any atom is -0.478 e. The predicted octanol–water partition coefficient (Wildman–Crippen LogP) is 0.741. The first-order valence-electron chi connectivity index (χ1n) is 6.10. The summed E-state index contributed by atoms with van der Waals surface area (Å²) in [7, 11) is 0. The van der Waals surface area contributed by atoms with E-state index in [2.05, 4.69) is 10.6 Å². The molecule has 2 heterocycles. The van der Waals surface area contributed by atoms with Gasteiger partial charge in [0.15, 0.2) is 0 Å². The molecular formula is C13H14N2O4S. The van der Waals surface area contributed by atoms with E-state index in [9.17, 15) is 14.4 Å². The van der Waals surface area contributed by atoms with Crippen molar-refractivity contribution in [2.75, 3.05) is 0 Å². The molecule has 0 bridgehead atoms. The van der Waals surface area contributed by atoms with Crippen molar-refractivity contribution in [2.45, 2.75) is 25.4 Å². The van der Waals surface area contributed by atoms with Gasteiger partial charge in [0.2, 0.25) is 11.8 Å². The zero-order valence-corrected chi connectivity index (χ0v) is 11.4. The van der Waals surface area contributed by atoms with Crippen molar-refractivity contribution >= 4 is 35.2 Å². The van der Waals surface area contributed by atoms with Gasteiger partial charge in [-0.05, 0) is 29.5 Å². The molecule has 3 N–H and O–H groups in total. The summed E-state index contributed by atoms with van der Waals surface area (Å²) < 4.78 is 0. The van der Waals surface area contributed by atoms with Crippen molar-refractivity contribution in [1.29, 1.82) is 0 Å². The Morgan fingerprint density at radius 2 is 2.35 bits per heavy atom.